The Kier molecular flexibility index (Phi) is 6.21. The van der Waals surface area contributed by atoms with Gasteiger partial charge in [-0.3, -0.25) is 4.79 Å². The Morgan fingerprint density at radius 2 is 1.82 bits per heavy atom. The number of carbonyl (C=O) groups is 1. The third-order valence-electron chi connectivity index (χ3n) is 6.01. The molecule has 5 rings (SSSR count). The van der Waals surface area contributed by atoms with Gasteiger partial charge < -0.3 is 26.1 Å². The average Bonchev–Trinajstić information content (AvgIpc) is 3.20. The molecule has 5 N–H and O–H groups in total. The van der Waals surface area contributed by atoms with E-state index in [4.69, 9.17) is 16.2 Å². The van der Waals surface area contributed by atoms with Gasteiger partial charge in [-0.15, -0.1) is 0 Å². The Labute approximate surface area is 217 Å². The van der Waals surface area contributed by atoms with Gasteiger partial charge in [0, 0.05) is 36.1 Å². The van der Waals surface area contributed by atoms with E-state index < -0.39 is 5.82 Å². The van der Waals surface area contributed by atoms with Crippen LogP contribution in [0.25, 0.3) is 33.4 Å². The molecular formula is C28H24FN7O2. The molecule has 0 aliphatic carbocycles. The van der Waals surface area contributed by atoms with Gasteiger partial charge in [-0.2, -0.15) is 0 Å². The van der Waals surface area contributed by atoms with Crippen molar-refractivity contribution >= 4 is 34.1 Å². The maximum Gasteiger partial charge on any atom is 0.250 e. The molecule has 0 unspecified atom stereocenters. The lowest BCUT2D eigenvalue weighted by Crippen LogP contribution is -2.11. The molecule has 0 aliphatic rings. The summed E-state index contributed by atoms with van der Waals surface area (Å²) in [6.45, 7) is 5.29. The number of carbonyl (C=O) groups excluding carboxylic acids is 1. The fourth-order valence-corrected chi connectivity index (χ4v) is 4.22. The predicted molar refractivity (Wildman–Crippen MR) is 146 cm³/mol. The second-order valence-electron chi connectivity index (χ2n) is 8.70. The highest BCUT2D eigenvalue weighted by molar-refractivity contribution is 6.08. The molecule has 3 aromatic heterocycles. The number of aryl methyl sites for hydroxylation is 1. The SMILES string of the molecule is C=C(C)C(=O)Nc1ccc(-c2c(-c3cc(N)c(Oc4ccccn4)c(F)c3)c3c(N)ncnc3n2C)cc1. The Hall–Kier alpha value is -5.25. The first-order valence-corrected chi connectivity index (χ1v) is 11.6. The van der Waals surface area contributed by atoms with Crippen molar-refractivity contribution in [1.82, 2.24) is 19.5 Å². The van der Waals surface area contributed by atoms with Crippen LogP contribution in [0, 0.1) is 5.82 Å². The summed E-state index contributed by atoms with van der Waals surface area (Å²) in [4.78, 5) is 24.7. The first kappa shape index (κ1) is 24.4. The van der Waals surface area contributed by atoms with Gasteiger partial charge in [0.2, 0.25) is 5.88 Å². The molecule has 0 aliphatic heterocycles. The van der Waals surface area contributed by atoms with Gasteiger partial charge in [0.25, 0.3) is 5.91 Å². The zero-order chi connectivity index (χ0) is 27.0. The molecule has 0 saturated carbocycles. The first-order chi connectivity index (χ1) is 18.2. The lowest BCUT2D eigenvalue weighted by atomic mass is 9.97. The Morgan fingerprint density at radius 1 is 1.05 bits per heavy atom. The largest absolute Gasteiger partial charge is 0.434 e. The summed E-state index contributed by atoms with van der Waals surface area (Å²) in [5.41, 5.74) is 16.8. The summed E-state index contributed by atoms with van der Waals surface area (Å²) in [5, 5.41) is 3.34. The maximum absolute atomic E-state index is 15.4. The van der Waals surface area contributed by atoms with Crippen LogP contribution in [0.5, 0.6) is 11.6 Å². The number of anilines is 3. The molecule has 0 atom stereocenters. The van der Waals surface area contributed by atoms with Crippen molar-refractivity contribution in [1.29, 1.82) is 0 Å². The minimum absolute atomic E-state index is 0.0851. The van der Waals surface area contributed by atoms with Gasteiger partial charge in [0.15, 0.2) is 11.6 Å². The maximum atomic E-state index is 15.4. The summed E-state index contributed by atoms with van der Waals surface area (Å²) < 4.78 is 22.9. The van der Waals surface area contributed by atoms with Crippen LogP contribution in [0.2, 0.25) is 0 Å². The third-order valence-corrected chi connectivity index (χ3v) is 6.01. The molecule has 9 nitrogen and oxygen atoms in total. The number of aromatic nitrogens is 4. The van der Waals surface area contributed by atoms with E-state index in [1.165, 1.54) is 18.6 Å². The number of rotatable bonds is 6. The van der Waals surface area contributed by atoms with Gasteiger partial charge in [-0.25, -0.2) is 19.3 Å². The van der Waals surface area contributed by atoms with Crippen LogP contribution in [0.15, 0.2) is 79.3 Å². The van der Waals surface area contributed by atoms with Gasteiger partial charge in [0.1, 0.15) is 17.8 Å². The molecule has 2 aromatic carbocycles. The topological polar surface area (TPSA) is 134 Å². The van der Waals surface area contributed by atoms with Gasteiger partial charge in [0.05, 0.1) is 16.8 Å². The Balaban J connectivity index is 1.66. The molecule has 10 heteroatoms. The number of nitrogen functional groups attached to an aromatic ring is 2. The van der Waals surface area contributed by atoms with E-state index in [1.54, 1.807) is 43.3 Å². The number of nitrogens with two attached hydrogens (primary N) is 2. The van der Waals surface area contributed by atoms with E-state index in [0.717, 1.165) is 5.56 Å². The highest BCUT2D eigenvalue weighted by Gasteiger charge is 2.24. The number of halogens is 1. The third kappa shape index (κ3) is 4.39. The van der Waals surface area contributed by atoms with Crippen molar-refractivity contribution in [3.05, 3.63) is 85.1 Å². The smallest absolute Gasteiger partial charge is 0.250 e. The fraction of sp³-hybridized carbons (Fsp3) is 0.0714. The molecular weight excluding hydrogens is 485 g/mol. The number of nitrogens with zero attached hydrogens (tertiary/aromatic N) is 4. The summed E-state index contributed by atoms with van der Waals surface area (Å²) in [5.74, 6) is -0.610. The summed E-state index contributed by atoms with van der Waals surface area (Å²) in [6.07, 6.45) is 2.92. The molecule has 0 radical (unpaired) electrons. The molecule has 5 aromatic rings. The second kappa shape index (κ2) is 9.66. The van der Waals surface area contributed by atoms with Crippen LogP contribution in [0.4, 0.5) is 21.6 Å². The standard InChI is InChI=1S/C28H24FN7O2/c1-15(2)28(37)35-18-9-7-16(8-10-18)24-22(23-26(31)33-14-34-27(23)36(24)3)17-12-19(29)25(20(30)13-17)38-21-6-4-5-11-32-21/h4-14H,1,30H2,2-3H3,(H,35,37)(H2,31,33,34). The molecule has 0 saturated heterocycles. The lowest BCUT2D eigenvalue weighted by molar-refractivity contribution is -0.112. The van der Waals surface area contributed by atoms with Crippen molar-refractivity contribution < 1.29 is 13.9 Å². The van der Waals surface area contributed by atoms with Crippen molar-refractivity contribution in [3.8, 4) is 34.0 Å². The Morgan fingerprint density at radius 3 is 2.47 bits per heavy atom. The van der Waals surface area contributed by atoms with Crippen molar-refractivity contribution in [3.63, 3.8) is 0 Å². The second-order valence-corrected chi connectivity index (χ2v) is 8.70. The van der Waals surface area contributed by atoms with E-state index >= 15 is 4.39 Å². The van der Waals surface area contributed by atoms with Crippen LogP contribution in [-0.4, -0.2) is 25.4 Å². The lowest BCUT2D eigenvalue weighted by Gasteiger charge is -2.13. The molecule has 190 valence electrons. The van der Waals surface area contributed by atoms with E-state index in [-0.39, 0.29) is 29.0 Å². The summed E-state index contributed by atoms with van der Waals surface area (Å²) >= 11 is 0. The van der Waals surface area contributed by atoms with Gasteiger partial charge in [-0.1, -0.05) is 24.8 Å². The number of amides is 1. The highest BCUT2D eigenvalue weighted by Crippen LogP contribution is 2.44. The Bertz CT molecular complexity index is 1670. The minimum atomic E-state index is -0.665. The van der Waals surface area contributed by atoms with Crippen LogP contribution in [-0.2, 0) is 11.8 Å². The molecule has 38 heavy (non-hydrogen) atoms. The van der Waals surface area contributed by atoms with E-state index in [0.29, 0.717) is 39.1 Å². The summed E-state index contributed by atoms with van der Waals surface area (Å²) in [6, 6.07) is 15.2. The normalized spacial score (nSPS) is 10.9. The van der Waals surface area contributed by atoms with Gasteiger partial charge >= 0.3 is 0 Å². The van der Waals surface area contributed by atoms with Crippen LogP contribution < -0.4 is 21.5 Å². The van der Waals surface area contributed by atoms with Crippen LogP contribution in [0.1, 0.15) is 6.92 Å². The number of fused-ring (bicyclic) bond motifs is 1. The molecule has 0 fully saturated rings. The van der Waals surface area contributed by atoms with Crippen molar-refractivity contribution in [2.75, 3.05) is 16.8 Å². The fourth-order valence-electron chi connectivity index (χ4n) is 4.22. The number of nitrogens with one attached hydrogen (secondary N) is 1. The molecule has 1 amide bonds. The van der Waals surface area contributed by atoms with E-state index in [1.807, 2.05) is 23.7 Å². The number of benzene rings is 2. The molecule has 0 spiro atoms. The zero-order valence-corrected chi connectivity index (χ0v) is 20.7. The van der Waals surface area contributed by atoms with E-state index in [2.05, 4.69) is 26.8 Å². The molecule has 3 heterocycles. The summed E-state index contributed by atoms with van der Waals surface area (Å²) in [7, 11) is 1.84. The van der Waals surface area contributed by atoms with Crippen molar-refractivity contribution in [2.24, 2.45) is 7.05 Å². The monoisotopic (exact) mass is 509 g/mol. The van der Waals surface area contributed by atoms with Crippen molar-refractivity contribution in [2.45, 2.75) is 6.92 Å². The first-order valence-electron chi connectivity index (χ1n) is 11.6. The van der Waals surface area contributed by atoms with Crippen LogP contribution >= 0.6 is 0 Å². The van der Waals surface area contributed by atoms with Gasteiger partial charge in [-0.05, 0) is 48.4 Å². The van der Waals surface area contributed by atoms with Crippen LogP contribution in [0.3, 0.4) is 0 Å². The average molecular weight is 510 g/mol. The zero-order valence-electron chi connectivity index (χ0n) is 20.7. The quantitative estimate of drug-likeness (QED) is 0.209. The number of ether oxygens (including phenoxy) is 1. The highest BCUT2D eigenvalue weighted by atomic mass is 19.1. The minimum Gasteiger partial charge on any atom is -0.434 e. The molecule has 0 bridgehead atoms. The number of hydrogen-bond acceptors (Lipinski definition) is 7. The number of hydrogen-bond donors (Lipinski definition) is 3. The predicted octanol–water partition coefficient (Wildman–Crippen LogP) is 5.31. The number of pyridine rings is 1. The van der Waals surface area contributed by atoms with E-state index in [9.17, 15) is 4.79 Å².